The van der Waals surface area contributed by atoms with Gasteiger partial charge < -0.3 is 9.30 Å². The molecule has 2 aromatic carbocycles. The zero-order valence-electron chi connectivity index (χ0n) is 14.8. The fraction of sp³-hybridized carbons (Fsp3) is 0.167. The molecule has 2 N–H and O–H groups in total. The zero-order valence-corrected chi connectivity index (χ0v) is 17.8. The predicted octanol–water partition coefficient (Wildman–Crippen LogP) is 6.00. The molecular formula is C18H16Cl4N3O4+. The molecule has 154 valence electrons. The number of rotatable bonds is 6. The summed E-state index contributed by atoms with van der Waals surface area (Å²) >= 11 is 24.8. The van der Waals surface area contributed by atoms with Gasteiger partial charge in [0.25, 0.3) is 0 Å². The first kappa shape index (κ1) is 23.3. The SMILES string of the molecule is Clc1ccc(C(Cn2ccnc2)OCc2c(Cl)cccc2Cl)c(Cl)c1.O=[N+](O)O. The van der Waals surface area contributed by atoms with Crippen molar-refractivity contribution in [2.24, 2.45) is 0 Å². The molecule has 7 nitrogen and oxygen atoms in total. The third kappa shape index (κ3) is 7.38. The summed E-state index contributed by atoms with van der Waals surface area (Å²) in [5, 5.41) is 14.8. The van der Waals surface area contributed by atoms with E-state index >= 15 is 0 Å². The summed E-state index contributed by atoms with van der Waals surface area (Å²) < 4.78 is 8.05. The Balaban J connectivity index is 0.000000687. The molecule has 3 rings (SSSR count). The largest absolute Gasteiger partial charge is 0.472 e. The molecule has 0 aliphatic heterocycles. The van der Waals surface area contributed by atoms with Gasteiger partial charge in [-0.1, -0.05) is 58.5 Å². The molecule has 0 saturated carbocycles. The van der Waals surface area contributed by atoms with E-state index in [0.717, 1.165) is 11.1 Å². The van der Waals surface area contributed by atoms with Gasteiger partial charge in [0.05, 0.1) is 19.5 Å². The molecule has 0 saturated heterocycles. The second kappa shape index (κ2) is 11.2. The van der Waals surface area contributed by atoms with Crippen molar-refractivity contribution in [1.29, 1.82) is 0 Å². The first-order chi connectivity index (χ1) is 13.8. The summed E-state index contributed by atoms with van der Waals surface area (Å²) in [7, 11) is 0. The van der Waals surface area contributed by atoms with Crippen LogP contribution >= 0.6 is 46.4 Å². The lowest BCUT2D eigenvalue weighted by Crippen LogP contribution is -2.13. The van der Waals surface area contributed by atoms with Gasteiger partial charge in [-0.05, 0) is 24.3 Å². The van der Waals surface area contributed by atoms with Crippen molar-refractivity contribution >= 4 is 46.4 Å². The fourth-order valence-corrected chi connectivity index (χ4v) is 3.48. The van der Waals surface area contributed by atoms with Crippen LogP contribution in [-0.4, -0.2) is 25.1 Å². The highest BCUT2D eigenvalue weighted by molar-refractivity contribution is 6.36. The molecule has 29 heavy (non-hydrogen) atoms. The van der Waals surface area contributed by atoms with Crippen molar-refractivity contribution in [2.75, 3.05) is 0 Å². The second-order valence-electron chi connectivity index (χ2n) is 5.68. The van der Waals surface area contributed by atoms with E-state index in [4.69, 9.17) is 66.5 Å². The number of hydrogen-bond acceptors (Lipinski definition) is 3. The van der Waals surface area contributed by atoms with Gasteiger partial charge in [0.2, 0.25) is 0 Å². The fourth-order valence-electron chi connectivity index (χ4n) is 2.44. The molecule has 0 aliphatic carbocycles. The van der Waals surface area contributed by atoms with Gasteiger partial charge in [-0.15, -0.1) is 0 Å². The Bertz CT molecular complexity index is 930. The highest BCUT2D eigenvalue weighted by Crippen LogP contribution is 2.32. The first-order valence-electron chi connectivity index (χ1n) is 8.08. The quantitative estimate of drug-likeness (QED) is 0.423. The molecule has 0 radical (unpaired) electrons. The van der Waals surface area contributed by atoms with Crippen LogP contribution in [0.1, 0.15) is 17.2 Å². The summed E-state index contributed by atoms with van der Waals surface area (Å²) in [6.45, 7) is 0.806. The lowest BCUT2D eigenvalue weighted by Gasteiger charge is -2.21. The normalized spacial score (nSPS) is 11.4. The van der Waals surface area contributed by atoms with Crippen molar-refractivity contribution in [2.45, 2.75) is 19.3 Å². The summed E-state index contributed by atoms with van der Waals surface area (Å²) in [6, 6.07) is 10.7. The molecule has 1 aromatic heterocycles. The van der Waals surface area contributed by atoms with E-state index in [2.05, 4.69) is 4.98 Å². The lowest BCUT2D eigenvalue weighted by molar-refractivity contribution is -0.969. The monoisotopic (exact) mass is 478 g/mol. The van der Waals surface area contributed by atoms with E-state index < -0.39 is 5.09 Å². The number of ether oxygens (including phenoxy) is 1. The minimum atomic E-state index is -1.25. The minimum Gasteiger partial charge on any atom is -0.367 e. The third-order valence-electron chi connectivity index (χ3n) is 3.74. The van der Waals surface area contributed by atoms with Gasteiger partial charge in [-0.2, -0.15) is 0 Å². The van der Waals surface area contributed by atoms with Crippen LogP contribution in [-0.2, 0) is 17.9 Å². The van der Waals surface area contributed by atoms with Crippen LogP contribution in [0.5, 0.6) is 0 Å². The van der Waals surface area contributed by atoms with Crippen LogP contribution < -0.4 is 0 Å². The maximum atomic E-state index is 8.47. The third-order valence-corrected chi connectivity index (χ3v) is 5.01. The van der Waals surface area contributed by atoms with Crippen LogP contribution in [0.4, 0.5) is 0 Å². The molecule has 0 amide bonds. The van der Waals surface area contributed by atoms with Crippen molar-refractivity contribution < 1.29 is 20.2 Å². The Morgan fingerprint density at radius 2 is 1.72 bits per heavy atom. The predicted molar refractivity (Wildman–Crippen MR) is 110 cm³/mol. The molecular weight excluding hydrogens is 464 g/mol. The molecule has 1 heterocycles. The maximum absolute atomic E-state index is 8.47. The summed E-state index contributed by atoms with van der Waals surface area (Å²) in [5.41, 5.74) is 1.58. The molecule has 0 aliphatic rings. The Morgan fingerprint density at radius 3 is 2.28 bits per heavy atom. The first-order valence-corrected chi connectivity index (χ1v) is 9.59. The van der Waals surface area contributed by atoms with E-state index in [1.807, 2.05) is 16.8 Å². The highest BCUT2D eigenvalue weighted by atomic mass is 35.5. The van der Waals surface area contributed by atoms with E-state index in [-0.39, 0.29) is 12.7 Å². The number of aromatic nitrogens is 2. The number of nitrogens with zero attached hydrogens (tertiary/aromatic N) is 3. The summed E-state index contributed by atoms with van der Waals surface area (Å²) in [6.07, 6.45) is 4.99. The van der Waals surface area contributed by atoms with Crippen LogP contribution in [0.25, 0.3) is 0 Å². The standard InChI is InChI=1S/C18H14Cl4N2O.H2NO3/c19-12-4-5-13(17(22)8-12)18(9-24-7-6-23-11-24)25-10-14-15(20)2-1-3-16(14)21;2-1(3)4/h1-8,11,18H,9-10H2;(H2,2,3,4)/q;+1. The van der Waals surface area contributed by atoms with Gasteiger partial charge in [-0.25, -0.2) is 15.4 Å². The average molecular weight is 480 g/mol. The Kier molecular flexibility index (Phi) is 9.00. The van der Waals surface area contributed by atoms with Crippen LogP contribution in [0.15, 0.2) is 55.1 Å². The van der Waals surface area contributed by atoms with Gasteiger partial charge in [0, 0.05) is 43.6 Å². The van der Waals surface area contributed by atoms with E-state index in [0.29, 0.717) is 26.6 Å². The number of imidazole rings is 1. The number of halogens is 4. The average Bonchev–Trinajstić information content (AvgIpc) is 3.13. The van der Waals surface area contributed by atoms with Crippen LogP contribution in [0, 0.1) is 4.91 Å². The van der Waals surface area contributed by atoms with Gasteiger partial charge in [0.15, 0.2) is 0 Å². The van der Waals surface area contributed by atoms with E-state index in [9.17, 15) is 0 Å². The molecule has 0 fully saturated rings. The topological polar surface area (TPSA) is 87.6 Å². The molecule has 0 spiro atoms. The van der Waals surface area contributed by atoms with Crippen LogP contribution in [0.3, 0.4) is 0 Å². The lowest BCUT2D eigenvalue weighted by atomic mass is 10.1. The van der Waals surface area contributed by atoms with Crippen LogP contribution in [0.2, 0.25) is 20.1 Å². The molecule has 1 unspecified atom stereocenters. The molecule has 1 atom stereocenters. The minimum absolute atomic E-state index is 0.261. The van der Waals surface area contributed by atoms with Gasteiger partial charge >= 0.3 is 5.09 Å². The second-order valence-corrected chi connectivity index (χ2v) is 7.34. The molecule has 0 bridgehead atoms. The smallest absolute Gasteiger partial charge is 0.367 e. The van der Waals surface area contributed by atoms with E-state index in [1.54, 1.807) is 42.9 Å². The van der Waals surface area contributed by atoms with Crippen molar-refractivity contribution in [1.82, 2.24) is 9.55 Å². The zero-order chi connectivity index (χ0) is 21.4. The Morgan fingerprint density at radius 1 is 1.07 bits per heavy atom. The summed E-state index contributed by atoms with van der Waals surface area (Å²) in [4.78, 5) is 12.5. The van der Waals surface area contributed by atoms with E-state index in [1.165, 1.54) is 0 Å². The number of benzene rings is 2. The number of hydrogen-bond donors (Lipinski definition) is 2. The Labute approximate surface area is 186 Å². The van der Waals surface area contributed by atoms with Crippen molar-refractivity contribution in [3.8, 4) is 0 Å². The summed E-state index contributed by atoms with van der Waals surface area (Å²) in [5.74, 6) is 0. The van der Waals surface area contributed by atoms with Gasteiger partial charge in [0.1, 0.15) is 11.0 Å². The van der Waals surface area contributed by atoms with Gasteiger partial charge in [-0.3, -0.25) is 0 Å². The van der Waals surface area contributed by atoms with Crippen molar-refractivity contribution in [3.63, 3.8) is 0 Å². The maximum Gasteiger partial charge on any atom is 0.472 e. The molecule has 11 heteroatoms. The molecule has 3 aromatic rings. The Hall–Kier alpha value is -2.03. The van der Waals surface area contributed by atoms with Crippen molar-refractivity contribution in [3.05, 3.63) is 91.2 Å². The highest BCUT2D eigenvalue weighted by Gasteiger charge is 2.18.